The summed E-state index contributed by atoms with van der Waals surface area (Å²) in [5, 5.41) is 9.32. The molecule has 0 saturated heterocycles. The van der Waals surface area contributed by atoms with Crippen LogP contribution in [-0.2, 0) is 6.61 Å². The predicted octanol–water partition coefficient (Wildman–Crippen LogP) is 3.48. The maximum Gasteiger partial charge on any atom is 0.130 e. The predicted molar refractivity (Wildman–Crippen MR) is 71.4 cm³/mol. The van der Waals surface area contributed by atoms with E-state index in [1.807, 2.05) is 48.2 Å². The molecule has 0 radical (unpaired) electrons. The second-order valence-electron chi connectivity index (χ2n) is 3.98. The van der Waals surface area contributed by atoms with Gasteiger partial charge in [-0.2, -0.15) is 0 Å². The van der Waals surface area contributed by atoms with E-state index in [0.29, 0.717) is 17.8 Å². The first kappa shape index (κ1) is 12.6. The molecule has 1 N–H and O–H groups in total. The summed E-state index contributed by atoms with van der Waals surface area (Å²) in [6.07, 6.45) is 0. The number of hydrogen-bond donors (Lipinski definition) is 1. The van der Waals surface area contributed by atoms with Gasteiger partial charge in [0.15, 0.2) is 0 Å². The number of benzene rings is 2. The summed E-state index contributed by atoms with van der Waals surface area (Å²) in [4.78, 5) is 1.98. The Morgan fingerprint density at radius 1 is 1.06 bits per heavy atom. The molecule has 2 nitrogen and oxygen atoms in total. The zero-order valence-electron chi connectivity index (χ0n) is 10.3. The van der Waals surface area contributed by atoms with Gasteiger partial charge in [0.25, 0.3) is 0 Å². The molecule has 0 aliphatic carbocycles. The van der Waals surface area contributed by atoms with Crippen LogP contribution in [0.3, 0.4) is 0 Å². The van der Waals surface area contributed by atoms with E-state index in [4.69, 9.17) is 0 Å². The number of rotatable bonds is 4. The minimum Gasteiger partial charge on any atom is -0.391 e. The summed E-state index contributed by atoms with van der Waals surface area (Å²) in [6, 6.07) is 14.6. The zero-order valence-corrected chi connectivity index (χ0v) is 10.3. The van der Waals surface area contributed by atoms with Crippen molar-refractivity contribution >= 4 is 11.4 Å². The van der Waals surface area contributed by atoms with Gasteiger partial charge in [-0.3, -0.25) is 0 Å². The third-order valence-electron chi connectivity index (χ3n) is 2.93. The van der Waals surface area contributed by atoms with Crippen LogP contribution in [0.25, 0.3) is 0 Å². The van der Waals surface area contributed by atoms with Crippen LogP contribution in [-0.4, -0.2) is 11.7 Å². The number of para-hydroxylation sites is 1. The SMILES string of the molecule is CCN(c1ccccc1)c1cccc(F)c1CO. The van der Waals surface area contributed by atoms with Gasteiger partial charge in [0, 0.05) is 23.5 Å². The molecule has 3 heteroatoms. The maximum atomic E-state index is 13.7. The first-order chi connectivity index (χ1) is 8.77. The second-order valence-corrected chi connectivity index (χ2v) is 3.98. The maximum absolute atomic E-state index is 13.7. The van der Waals surface area contributed by atoms with Crippen LogP contribution in [0.4, 0.5) is 15.8 Å². The minimum atomic E-state index is -0.371. The van der Waals surface area contributed by atoms with E-state index in [0.717, 1.165) is 5.69 Å². The average molecular weight is 245 g/mol. The Labute approximate surface area is 106 Å². The smallest absolute Gasteiger partial charge is 0.130 e. The molecule has 0 heterocycles. The van der Waals surface area contributed by atoms with E-state index < -0.39 is 0 Å². The van der Waals surface area contributed by atoms with Crippen LogP contribution in [0.5, 0.6) is 0 Å². The summed E-state index contributed by atoms with van der Waals surface area (Å²) < 4.78 is 13.7. The van der Waals surface area contributed by atoms with E-state index in [1.165, 1.54) is 6.07 Å². The van der Waals surface area contributed by atoms with Crippen molar-refractivity contribution in [2.45, 2.75) is 13.5 Å². The van der Waals surface area contributed by atoms with Crippen LogP contribution < -0.4 is 4.90 Å². The fourth-order valence-corrected chi connectivity index (χ4v) is 2.06. The monoisotopic (exact) mass is 245 g/mol. The van der Waals surface area contributed by atoms with E-state index in [-0.39, 0.29) is 12.4 Å². The lowest BCUT2D eigenvalue weighted by Gasteiger charge is -2.25. The molecule has 94 valence electrons. The van der Waals surface area contributed by atoms with Gasteiger partial charge in [-0.05, 0) is 31.2 Å². The van der Waals surface area contributed by atoms with Crippen molar-refractivity contribution in [3.05, 3.63) is 59.9 Å². The summed E-state index contributed by atoms with van der Waals surface area (Å²) >= 11 is 0. The molecule has 18 heavy (non-hydrogen) atoms. The third-order valence-corrected chi connectivity index (χ3v) is 2.93. The van der Waals surface area contributed by atoms with Crippen LogP contribution in [0.1, 0.15) is 12.5 Å². The molecule has 0 saturated carbocycles. The first-order valence-corrected chi connectivity index (χ1v) is 5.98. The summed E-state index contributed by atoms with van der Waals surface area (Å²) in [5.74, 6) is -0.371. The topological polar surface area (TPSA) is 23.5 Å². The highest BCUT2D eigenvalue weighted by atomic mass is 19.1. The van der Waals surface area contributed by atoms with Gasteiger partial charge >= 0.3 is 0 Å². The van der Waals surface area contributed by atoms with Crippen molar-refractivity contribution in [3.8, 4) is 0 Å². The molecule has 0 spiro atoms. The molecule has 0 fully saturated rings. The van der Waals surface area contributed by atoms with Gasteiger partial charge in [-0.25, -0.2) is 4.39 Å². The average Bonchev–Trinajstić information content (AvgIpc) is 2.41. The van der Waals surface area contributed by atoms with Crippen molar-refractivity contribution in [2.75, 3.05) is 11.4 Å². The molecular weight excluding hydrogens is 229 g/mol. The number of aliphatic hydroxyl groups excluding tert-OH is 1. The molecule has 0 unspecified atom stereocenters. The lowest BCUT2D eigenvalue weighted by Crippen LogP contribution is -2.18. The fourth-order valence-electron chi connectivity index (χ4n) is 2.06. The quantitative estimate of drug-likeness (QED) is 0.891. The molecule has 2 aromatic rings. The van der Waals surface area contributed by atoms with Crippen LogP contribution in [0.2, 0.25) is 0 Å². The molecule has 2 rings (SSSR count). The fraction of sp³-hybridized carbons (Fsp3) is 0.200. The Hall–Kier alpha value is -1.87. The highest BCUT2D eigenvalue weighted by molar-refractivity contribution is 5.66. The molecule has 0 atom stereocenters. The van der Waals surface area contributed by atoms with Gasteiger partial charge in [0.2, 0.25) is 0 Å². The zero-order chi connectivity index (χ0) is 13.0. The van der Waals surface area contributed by atoms with Crippen molar-refractivity contribution in [1.29, 1.82) is 0 Å². The number of nitrogens with zero attached hydrogens (tertiary/aromatic N) is 1. The third kappa shape index (κ3) is 2.36. The number of anilines is 2. The van der Waals surface area contributed by atoms with E-state index >= 15 is 0 Å². The van der Waals surface area contributed by atoms with Gasteiger partial charge in [0.1, 0.15) is 5.82 Å². The van der Waals surface area contributed by atoms with Gasteiger partial charge in [-0.1, -0.05) is 24.3 Å². The van der Waals surface area contributed by atoms with Crippen LogP contribution in [0, 0.1) is 5.82 Å². The molecule has 0 aliphatic rings. The van der Waals surface area contributed by atoms with Gasteiger partial charge < -0.3 is 10.0 Å². The summed E-state index contributed by atoms with van der Waals surface area (Å²) in [7, 11) is 0. The normalized spacial score (nSPS) is 10.4. The standard InChI is InChI=1S/C15H16FNO/c1-2-17(12-7-4-3-5-8-12)15-10-6-9-14(16)13(15)11-18/h3-10,18H,2,11H2,1H3. The molecule has 0 amide bonds. The Morgan fingerprint density at radius 2 is 1.78 bits per heavy atom. The largest absolute Gasteiger partial charge is 0.391 e. The van der Waals surface area contributed by atoms with Gasteiger partial charge in [-0.15, -0.1) is 0 Å². The molecule has 0 bridgehead atoms. The van der Waals surface area contributed by atoms with Crippen molar-refractivity contribution in [1.82, 2.24) is 0 Å². The molecule has 2 aromatic carbocycles. The number of hydrogen-bond acceptors (Lipinski definition) is 2. The lowest BCUT2D eigenvalue weighted by atomic mass is 10.1. The Balaban J connectivity index is 2.49. The van der Waals surface area contributed by atoms with Crippen molar-refractivity contribution < 1.29 is 9.50 Å². The van der Waals surface area contributed by atoms with Gasteiger partial charge in [0.05, 0.1) is 6.61 Å². The summed E-state index contributed by atoms with van der Waals surface area (Å²) in [5.41, 5.74) is 2.04. The van der Waals surface area contributed by atoms with Crippen LogP contribution in [0.15, 0.2) is 48.5 Å². The highest BCUT2D eigenvalue weighted by Gasteiger charge is 2.14. The molecule has 0 aliphatic heterocycles. The highest BCUT2D eigenvalue weighted by Crippen LogP contribution is 2.29. The molecular formula is C15H16FNO. The Morgan fingerprint density at radius 3 is 2.39 bits per heavy atom. The van der Waals surface area contributed by atoms with E-state index in [9.17, 15) is 9.50 Å². The van der Waals surface area contributed by atoms with E-state index in [1.54, 1.807) is 6.07 Å². The number of halogens is 1. The second kappa shape index (κ2) is 5.65. The lowest BCUT2D eigenvalue weighted by molar-refractivity contribution is 0.276. The van der Waals surface area contributed by atoms with Crippen molar-refractivity contribution in [2.24, 2.45) is 0 Å². The van der Waals surface area contributed by atoms with E-state index in [2.05, 4.69) is 0 Å². The summed E-state index contributed by atoms with van der Waals surface area (Å²) in [6.45, 7) is 2.41. The Kier molecular flexibility index (Phi) is 3.95. The number of aliphatic hydroxyl groups is 1. The van der Waals surface area contributed by atoms with Crippen LogP contribution >= 0.6 is 0 Å². The minimum absolute atomic E-state index is 0.300. The molecule has 0 aromatic heterocycles. The first-order valence-electron chi connectivity index (χ1n) is 5.98. The Bertz CT molecular complexity index is 513. The van der Waals surface area contributed by atoms with Crippen molar-refractivity contribution in [3.63, 3.8) is 0 Å².